The van der Waals surface area contributed by atoms with Gasteiger partial charge in [0, 0.05) is 25.2 Å². The highest BCUT2D eigenvalue weighted by Crippen LogP contribution is 2.12. The summed E-state index contributed by atoms with van der Waals surface area (Å²) in [6.07, 6.45) is 1.07. The van der Waals surface area contributed by atoms with Gasteiger partial charge in [-0.25, -0.2) is 14.0 Å². The van der Waals surface area contributed by atoms with Crippen LogP contribution in [0.5, 0.6) is 5.75 Å². The molecule has 0 bridgehead atoms. The molecule has 138 valence electrons. The number of urea groups is 1. The van der Waals surface area contributed by atoms with Crippen molar-refractivity contribution in [2.24, 2.45) is 0 Å². The zero-order valence-electron chi connectivity index (χ0n) is 14.3. The van der Waals surface area contributed by atoms with Gasteiger partial charge in [0.2, 0.25) is 0 Å². The number of piperidine rings is 1. The van der Waals surface area contributed by atoms with E-state index in [-0.39, 0.29) is 30.6 Å². The molecule has 0 spiro atoms. The average Bonchev–Trinajstić information content (AvgIpc) is 2.60. The van der Waals surface area contributed by atoms with Crippen LogP contribution in [0.3, 0.4) is 0 Å². The van der Waals surface area contributed by atoms with E-state index in [9.17, 15) is 14.0 Å². The van der Waals surface area contributed by atoms with Crippen molar-refractivity contribution >= 4 is 12.1 Å². The van der Waals surface area contributed by atoms with E-state index < -0.39 is 0 Å². The lowest BCUT2D eigenvalue weighted by atomic mass is 10.1. The van der Waals surface area contributed by atoms with Crippen molar-refractivity contribution in [3.8, 4) is 5.75 Å². The van der Waals surface area contributed by atoms with Crippen molar-refractivity contribution in [2.75, 3.05) is 32.8 Å². The van der Waals surface area contributed by atoms with Gasteiger partial charge in [-0.15, -0.1) is 0 Å². The molecule has 1 heterocycles. The second-order valence-corrected chi connectivity index (χ2v) is 5.67. The molecule has 8 heteroatoms. The van der Waals surface area contributed by atoms with Gasteiger partial charge >= 0.3 is 12.1 Å². The minimum Gasteiger partial charge on any atom is -0.492 e. The Balaban J connectivity index is 1.59. The van der Waals surface area contributed by atoms with Gasteiger partial charge in [0.25, 0.3) is 0 Å². The van der Waals surface area contributed by atoms with Crippen LogP contribution in [-0.4, -0.2) is 55.9 Å². The molecule has 0 saturated carbocycles. The van der Waals surface area contributed by atoms with Crippen LogP contribution in [0, 0.1) is 5.82 Å². The van der Waals surface area contributed by atoms with Crippen LogP contribution < -0.4 is 15.4 Å². The molecule has 1 aliphatic heterocycles. The quantitative estimate of drug-likeness (QED) is 0.768. The first-order valence-electron chi connectivity index (χ1n) is 8.43. The van der Waals surface area contributed by atoms with E-state index in [0.29, 0.717) is 44.8 Å². The Hall–Kier alpha value is -2.51. The highest BCUT2D eigenvalue weighted by atomic mass is 19.1. The molecule has 1 aromatic carbocycles. The number of nitrogens with one attached hydrogen (secondary N) is 2. The molecule has 7 nitrogen and oxygen atoms in total. The average molecular weight is 353 g/mol. The van der Waals surface area contributed by atoms with Gasteiger partial charge in [-0.3, -0.25) is 0 Å². The van der Waals surface area contributed by atoms with Crippen LogP contribution in [0.4, 0.5) is 14.0 Å². The molecule has 1 aliphatic rings. The third-order valence-electron chi connectivity index (χ3n) is 3.81. The van der Waals surface area contributed by atoms with Gasteiger partial charge < -0.3 is 25.0 Å². The Morgan fingerprint density at radius 2 is 2.08 bits per heavy atom. The number of hydrogen-bond acceptors (Lipinski definition) is 4. The third-order valence-corrected chi connectivity index (χ3v) is 3.81. The molecule has 3 amide bonds. The summed E-state index contributed by atoms with van der Waals surface area (Å²) in [5, 5.41) is 5.57. The predicted molar refractivity (Wildman–Crippen MR) is 90.0 cm³/mol. The lowest BCUT2D eigenvalue weighted by molar-refractivity contribution is 0.0957. The number of rotatable bonds is 6. The van der Waals surface area contributed by atoms with Gasteiger partial charge in [0.05, 0.1) is 13.2 Å². The maximum absolute atomic E-state index is 13.0. The Labute approximate surface area is 146 Å². The topological polar surface area (TPSA) is 79.9 Å². The Kier molecular flexibility index (Phi) is 7.31. The fourth-order valence-electron chi connectivity index (χ4n) is 2.55. The zero-order chi connectivity index (χ0) is 18.1. The van der Waals surface area contributed by atoms with E-state index in [1.165, 1.54) is 12.1 Å². The van der Waals surface area contributed by atoms with E-state index in [4.69, 9.17) is 9.47 Å². The lowest BCUT2D eigenvalue weighted by Crippen LogP contribution is -2.49. The maximum atomic E-state index is 13.0. The smallest absolute Gasteiger partial charge is 0.409 e. The molecular weight excluding hydrogens is 329 g/mol. The Morgan fingerprint density at radius 1 is 1.32 bits per heavy atom. The maximum Gasteiger partial charge on any atom is 0.409 e. The molecule has 0 aliphatic carbocycles. The van der Waals surface area contributed by atoms with Crippen molar-refractivity contribution in [1.82, 2.24) is 15.5 Å². The fraction of sp³-hybridized carbons (Fsp3) is 0.529. The fourth-order valence-corrected chi connectivity index (χ4v) is 2.55. The molecule has 2 rings (SSSR count). The molecular formula is C17H24FN3O4. The number of likely N-dealkylation sites (tertiary alicyclic amines) is 1. The van der Waals surface area contributed by atoms with Crippen LogP contribution >= 0.6 is 0 Å². The molecule has 0 radical (unpaired) electrons. The number of nitrogens with zero attached hydrogens (tertiary/aromatic N) is 1. The highest BCUT2D eigenvalue weighted by Gasteiger charge is 2.24. The SMILES string of the molecule is CCOC(=O)N1CCC(NC(=O)NCCOc2cccc(F)c2)CC1. The highest BCUT2D eigenvalue weighted by molar-refractivity contribution is 5.74. The Morgan fingerprint density at radius 3 is 2.76 bits per heavy atom. The molecule has 0 atom stereocenters. The molecule has 1 saturated heterocycles. The largest absolute Gasteiger partial charge is 0.492 e. The van der Waals surface area contributed by atoms with Crippen LogP contribution in [0.2, 0.25) is 0 Å². The van der Waals surface area contributed by atoms with E-state index in [2.05, 4.69) is 10.6 Å². The number of carbonyl (C=O) groups excluding carboxylic acids is 2. The number of carbonyl (C=O) groups is 2. The van der Waals surface area contributed by atoms with E-state index in [1.807, 2.05) is 0 Å². The summed E-state index contributed by atoms with van der Waals surface area (Å²) >= 11 is 0. The molecule has 1 aromatic rings. The van der Waals surface area contributed by atoms with Crippen molar-refractivity contribution in [3.05, 3.63) is 30.1 Å². The normalized spacial score (nSPS) is 14.7. The van der Waals surface area contributed by atoms with Crippen LogP contribution in [-0.2, 0) is 4.74 Å². The molecule has 25 heavy (non-hydrogen) atoms. The minimum atomic E-state index is -0.364. The van der Waals surface area contributed by atoms with E-state index in [1.54, 1.807) is 24.0 Å². The summed E-state index contributed by atoms with van der Waals surface area (Å²) < 4.78 is 23.3. The summed E-state index contributed by atoms with van der Waals surface area (Å²) in [5.74, 6) is 0.0610. The summed E-state index contributed by atoms with van der Waals surface area (Å²) in [6, 6.07) is 5.59. The predicted octanol–water partition coefficient (Wildman–Crippen LogP) is 2.12. The van der Waals surface area contributed by atoms with Gasteiger partial charge in [-0.2, -0.15) is 0 Å². The molecule has 0 aromatic heterocycles. The number of amides is 3. The first kappa shape index (κ1) is 18.8. The first-order valence-corrected chi connectivity index (χ1v) is 8.43. The second kappa shape index (κ2) is 9.71. The lowest BCUT2D eigenvalue weighted by Gasteiger charge is -2.31. The second-order valence-electron chi connectivity index (χ2n) is 5.67. The molecule has 1 fully saturated rings. The number of ether oxygens (including phenoxy) is 2. The Bertz CT molecular complexity index is 577. The van der Waals surface area contributed by atoms with Gasteiger partial charge in [-0.05, 0) is 31.9 Å². The summed E-state index contributed by atoms with van der Waals surface area (Å²) in [7, 11) is 0. The van der Waals surface area contributed by atoms with Gasteiger partial charge in [0.1, 0.15) is 18.2 Å². The standard InChI is InChI=1S/C17H24FN3O4/c1-2-24-17(23)21-9-6-14(7-10-21)20-16(22)19-8-11-25-15-5-3-4-13(18)12-15/h3-5,12,14H,2,6-11H2,1H3,(H2,19,20,22). The van der Waals surface area contributed by atoms with Crippen molar-refractivity contribution in [1.29, 1.82) is 0 Å². The molecule has 0 unspecified atom stereocenters. The first-order chi connectivity index (χ1) is 12.1. The minimum absolute atomic E-state index is 0.0230. The number of hydrogen-bond donors (Lipinski definition) is 2. The van der Waals surface area contributed by atoms with Crippen LogP contribution in [0.15, 0.2) is 24.3 Å². The van der Waals surface area contributed by atoms with Gasteiger partial charge in [-0.1, -0.05) is 6.07 Å². The third kappa shape index (κ3) is 6.48. The van der Waals surface area contributed by atoms with Crippen LogP contribution in [0.25, 0.3) is 0 Å². The summed E-state index contributed by atoms with van der Waals surface area (Å²) in [5.41, 5.74) is 0. The molecule has 2 N–H and O–H groups in total. The van der Waals surface area contributed by atoms with Crippen molar-refractivity contribution < 1.29 is 23.5 Å². The monoisotopic (exact) mass is 353 g/mol. The summed E-state index contributed by atoms with van der Waals surface area (Å²) in [6.45, 7) is 3.81. The van der Waals surface area contributed by atoms with E-state index >= 15 is 0 Å². The van der Waals surface area contributed by atoms with Crippen LogP contribution in [0.1, 0.15) is 19.8 Å². The number of benzene rings is 1. The van der Waals surface area contributed by atoms with Gasteiger partial charge in [0.15, 0.2) is 0 Å². The van der Waals surface area contributed by atoms with Crippen molar-refractivity contribution in [2.45, 2.75) is 25.8 Å². The zero-order valence-corrected chi connectivity index (χ0v) is 14.3. The van der Waals surface area contributed by atoms with E-state index in [0.717, 1.165) is 0 Å². The summed E-state index contributed by atoms with van der Waals surface area (Å²) in [4.78, 5) is 25.1. The van der Waals surface area contributed by atoms with Crippen molar-refractivity contribution in [3.63, 3.8) is 0 Å². The number of halogens is 1.